The van der Waals surface area contributed by atoms with E-state index in [0.29, 0.717) is 11.5 Å². The average molecular weight is 481 g/mol. The molecule has 6 nitrogen and oxygen atoms in total. The van der Waals surface area contributed by atoms with Gasteiger partial charge in [0, 0.05) is 0 Å². The minimum atomic E-state index is -4.89. The van der Waals surface area contributed by atoms with Crippen LogP contribution in [0.15, 0.2) is 54.2 Å². The predicted molar refractivity (Wildman–Crippen MR) is 120 cm³/mol. The maximum absolute atomic E-state index is 11.5. The number of hydrogen-bond acceptors (Lipinski definition) is 5. The van der Waals surface area contributed by atoms with E-state index in [1.165, 1.54) is 48.0 Å². The van der Waals surface area contributed by atoms with Crippen molar-refractivity contribution in [1.82, 2.24) is 9.97 Å². The van der Waals surface area contributed by atoms with Gasteiger partial charge in [-0.05, 0) is 19.3 Å². The Morgan fingerprint density at radius 1 is 0.967 bits per heavy atom. The quantitative estimate of drug-likeness (QED) is 0.386. The van der Waals surface area contributed by atoms with Crippen molar-refractivity contribution in [2.45, 2.75) is 25.7 Å². The van der Waals surface area contributed by atoms with E-state index < -0.39 is 14.2 Å². The zero-order chi connectivity index (χ0) is 20.7. The molecule has 2 aromatic carbocycles. The summed E-state index contributed by atoms with van der Waals surface area (Å²) >= 11 is -3.31. The van der Waals surface area contributed by atoms with Gasteiger partial charge in [0.2, 0.25) is 0 Å². The van der Waals surface area contributed by atoms with Crippen LogP contribution in [0.4, 0.5) is 11.5 Å². The molecule has 3 N–H and O–H groups in total. The Bertz CT molecular complexity index is 1280. The number of aromatic nitrogens is 2. The van der Waals surface area contributed by atoms with E-state index in [1.54, 1.807) is 23.5 Å². The second-order valence-corrected chi connectivity index (χ2v) is 11.7. The summed E-state index contributed by atoms with van der Waals surface area (Å²) in [5.41, 5.74) is 5.86. The van der Waals surface area contributed by atoms with E-state index in [0.717, 1.165) is 28.6 Å². The van der Waals surface area contributed by atoms with Crippen LogP contribution in [-0.4, -0.2) is 32.3 Å². The molecule has 0 amide bonds. The monoisotopic (exact) mass is 481 g/mol. The Morgan fingerprint density at radius 2 is 1.73 bits per heavy atom. The van der Waals surface area contributed by atoms with Crippen LogP contribution >= 0.6 is 11.3 Å². The van der Waals surface area contributed by atoms with E-state index in [2.05, 4.69) is 38.9 Å². The van der Waals surface area contributed by atoms with Gasteiger partial charge in [-0.3, -0.25) is 0 Å². The fraction of sp³-hybridized carbons (Fsp3) is 0.182. The first kappa shape index (κ1) is 19.5. The van der Waals surface area contributed by atoms with Crippen LogP contribution in [0.1, 0.15) is 24.0 Å². The number of thiophene rings is 1. The number of rotatable bonds is 4. The van der Waals surface area contributed by atoms with Gasteiger partial charge in [-0.15, -0.1) is 0 Å². The molecule has 2 heterocycles. The van der Waals surface area contributed by atoms with Crippen LogP contribution in [0.25, 0.3) is 21.3 Å². The Labute approximate surface area is 180 Å². The van der Waals surface area contributed by atoms with Gasteiger partial charge in [-0.2, -0.15) is 0 Å². The van der Waals surface area contributed by atoms with Crippen molar-refractivity contribution in [3.05, 3.63) is 65.3 Å². The molecule has 0 bridgehead atoms. The summed E-state index contributed by atoms with van der Waals surface area (Å²) in [6.45, 7) is 0. The molecule has 0 fully saturated rings. The maximum atomic E-state index is 11.5. The standard InChI is InChI=1S/C22H20AsN3O3S/c27-23(28,29)17-7-9-18(10-8-17)26-21-20-19(12-30-22(20)25-13-24-21)16-6-5-14-3-1-2-4-15(14)11-16/h5-13H,1-4H2,(H,24,25,26)(H2,27,28,29). The zero-order valence-electron chi connectivity index (χ0n) is 16.1. The molecule has 30 heavy (non-hydrogen) atoms. The van der Waals surface area contributed by atoms with Gasteiger partial charge in [0.25, 0.3) is 0 Å². The van der Waals surface area contributed by atoms with Crippen molar-refractivity contribution in [3.63, 3.8) is 0 Å². The molecule has 0 atom stereocenters. The number of benzene rings is 2. The van der Waals surface area contributed by atoms with Gasteiger partial charge in [0.05, 0.1) is 0 Å². The van der Waals surface area contributed by atoms with Crippen molar-refractivity contribution >= 4 is 51.6 Å². The molecule has 0 saturated heterocycles. The van der Waals surface area contributed by atoms with Crippen LogP contribution in [0.2, 0.25) is 0 Å². The molecular formula is C22H20AsN3O3S. The van der Waals surface area contributed by atoms with Gasteiger partial charge < -0.3 is 0 Å². The molecule has 1 aliphatic carbocycles. The molecule has 0 saturated carbocycles. The van der Waals surface area contributed by atoms with Gasteiger partial charge in [-0.1, -0.05) is 0 Å². The Kier molecular flexibility index (Phi) is 4.99. The van der Waals surface area contributed by atoms with Crippen molar-refractivity contribution in [1.29, 1.82) is 0 Å². The third kappa shape index (κ3) is 3.70. The van der Waals surface area contributed by atoms with Crippen LogP contribution in [0.3, 0.4) is 0 Å². The van der Waals surface area contributed by atoms with E-state index in [-0.39, 0.29) is 4.35 Å². The van der Waals surface area contributed by atoms with Crippen LogP contribution in [0, 0.1) is 0 Å². The molecule has 1 aliphatic rings. The number of aryl methyl sites for hydroxylation is 2. The summed E-state index contributed by atoms with van der Waals surface area (Å²) in [5, 5.41) is 6.37. The fourth-order valence-corrected chi connectivity index (χ4v) is 6.00. The molecule has 152 valence electrons. The van der Waals surface area contributed by atoms with E-state index in [1.807, 2.05) is 0 Å². The van der Waals surface area contributed by atoms with Crippen LogP contribution in [0.5, 0.6) is 0 Å². The number of hydrogen-bond donors (Lipinski definition) is 3. The normalized spacial score (nSPS) is 13.9. The van der Waals surface area contributed by atoms with E-state index >= 15 is 0 Å². The van der Waals surface area contributed by atoms with Crippen molar-refractivity contribution < 1.29 is 11.9 Å². The molecule has 5 rings (SSSR count). The Balaban J connectivity index is 1.54. The number of anilines is 2. The van der Waals surface area contributed by atoms with E-state index in [4.69, 9.17) is 0 Å². The van der Waals surface area contributed by atoms with Crippen LogP contribution in [-0.2, 0) is 16.6 Å². The van der Waals surface area contributed by atoms with Crippen molar-refractivity contribution in [2.24, 2.45) is 0 Å². The van der Waals surface area contributed by atoms with Gasteiger partial charge in [0.1, 0.15) is 0 Å². The van der Waals surface area contributed by atoms with Gasteiger partial charge >= 0.3 is 162 Å². The number of nitrogens with zero attached hydrogens (tertiary/aromatic N) is 2. The summed E-state index contributed by atoms with van der Waals surface area (Å²) in [4.78, 5) is 9.78. The molecule has 0 radical (unpaired) electrons. The summed E-state index contributed by atoms with van der Waals surface area (Å²) in [5.74, 6) is 0.684. The number of nitrogens with one attached hydrogen (secondary N) is 1. The molecule has 0 aliphatic heterocycles. The first-order valence-electron chi connectivity index (χ1n) is 9.76. The second-order valence-electron chi connectivity index (χ2n) is 7.46. The minimum absolute atomic E-state index is 0.0526. The van der Waals surface area contributed by atoms with E-state index in [9.17, 15) is 11.9 Å². The summed E-state index contributed by atoms with van der Waals surface area (Å²) in [6.07, 6.45) is 6.31. The Hall–Kier alpha value is -2.44. The number of fused-ring (bicyclic) bond motifs is 2. The summed E-state index contributed by atoms with van der Waals surface area (Å²) in [6, 6.07) is 13.0. The fourth-order valence-electron chi connectivity index (χ4n) is 3.96. The van der Waals surface area contributed by atoms with Gasteiger partial charge in [0.15, 0.2) is 0 Å². The Morgan fingerprint density at radius 3 is 2.50 bits per heavy atom. The summed E-state index contributed by atoms with van der Waals surface area (Å²) < 4.78 is 30.2. The molecule has 0 spiro atoms. The molecular weight excluding hydrogens is 461 g/mol. The molecule has 4 aromatic rings. The summed E-state index contributed by atoms with van der Waals surface area (Å²) in [7, 11) is 0. The predicted octanol–water partition coefficient (Wildman–Crippen LogP) is 3.54. The zero-order valence-corrected chi connectivity index (χ0v) is 18.8. The van der Waals surface area contributed by atoms with Crippen molar-refractivity contribution in [3.8, 4) is 11.1 Å². The molecule has 2 aromatic heterocycles. The van der Waals surface area contributed by atoms with Crippen molar-refractivity contribution in [2.75, 3.05) is 5.32 Å². The topological polar surface area (TPSA) is 95.3 Å². The average Bonchev–Trinajstić information content (AvgIpc) is 3.18. The van der Waals surface area contributed by atoms with Gasteiger partial charge in [-0.25, -0.2) is 0 Å². The molecule has 0 unspecified atom stereocenters. The third-order valence-electron chi connectivity index (χ3n) is 5.50. The second kappa shape index (κ2) is 7.67. The first-order chi connectivity index (χ1) is 14.5. The SMILES string of the molecule is O=[As](O)(O)c1ccc(Nc2ncnc3scc(-c4ccc5c(c4)CCCC5)c23)cc1. The van der Waals surface area contributed by atoms with Crippen LogP contribution < -0.4 is 9.67 Å². The first-order valence-corrected chi connectivity index (χ1v) is 14.0. The third-order valence-corrected chi connectivity index (χ3v) is 8.42. The molecule has 8 heteroatoms.